The van der Waals surface area contributed by atoms with Gasteiger partial charge in [0, 0.05) is 18.4 Å². The fourth-order valence-corrected chi connectivity index (χ4v) is 4.83. The number of likely N-dealkylation sites (N-methyl/N-ethyl adjacent to an activating group) is 1. The van der Waals surface area contributed by atoms with Crippen LogP contribution in [0.2, 0.25) is 0 Å². The van der Waals surface area contributed by atoms with E-state index in [0.717, 1.165) is 30.7 Å². The van der Waals surface area contributed by atoms with Crippen molar-refractivity contribution in [1.82, 2.24) is 0 Å². The number of fused-ring (bicyclic) bond motifs is 1. The van der Waals surface area contributed by atoms with Crippen LogP contribution in [0.5, 0.6) is 23.0 Å². The second-order valence-electron chi connectivity index (χ2n) is 8.75. The number of quaternary nitrogens is 1. The molecule has 0 saturated heterocycles. The molecular weight excluding hydrogens is 535 g/mol. The van der Waals surface area contributed by atoms with Crippen molar-refractivity contribution < 1.29 is 52.2 Å². The SMILES string of the molecule is COc1ccc(C[C@@H]2c3cc(OC)c(OC)cc3CC[N@+]2(C)CC(C)C(N)=O)cc1OC.[I-]. The largest absolute Gasteiger partial charge is 1.00 e. The molecule has 1 aliphatic heterocycles. The van der Waals surface area contributed by atoms with Crippen molar-refractivity contribution in [3.8, 4) is 23.0 Å². The third-order valence-corrected chi connectivity index (χ3v) is 6.70. The monoisotopic (exact) mass is 570 g/mol. The van der Waals surface area contributed by atoms with Crippen LogP contribution in [0, 0.1) is 5.92 Å². The number of benzene rings is 2. The third kappa shape index (κ3) is 5.66. The molecule has 1 amide bonds. The van der Waals surface area contributed by atoms with E-state index in [1.165, 1.54) is 11.1 Å². The van der Waals surface area contributed by atoms with Gasteiger partial charge < -0.3 is 53.1 Å². The van der Waals surface area contributed by atoms with Crippen molar-refractivity contribution in [2.24, 2.45) is 11.7 Å². The van der Waals surface area contributed by atoms with Crippen LogP contribution in [0.4, 0.5) is 0 Å². The zero-order valence-corrected chi connectivity index (χ0v) is 22.5. The molecule has 0 bridgehead atoms. The Balaban J connectivity index is 0.00000385. The minimum Gasteiger partial charge on any atom is -1.00 e. The highest BCUT2D eigenvalue weighted by Gasteiger charge is 2.41. The van der Waals surface area contributed by atoms with E-state index in [-0.39, 0.29) is 41.8 Å². The minimum absolute atomic E-state index is 0. The van der Waals surface area contributed by atoms with Crippen molar-refractivity contribution >= 4 is 5.91 Å². The van der Waals surface area contributed by atoms with E-state index < -0.39 is 0 Å². The molecule has 3 rings (SSSR count). The Morgan fingerprint density at radius 2 is 1.58 bits per heavy atom. The van der Waals surface area contributed by atoms with Crippen LogP contribution in [0.25, 0.3) is 0 Å². The van der Waals surface area contributed by atoms with Gasteiger partial charge in [-0.1, -0.05) is 6.07 Å². The molecule has 182 valence electrons. The quantitative estimate of drug-likeness (QED) is 0.343. The number of nitrogens with two attached hydrogens (primary N) is 1. The summed E-state index contributed by atoms with van der Waals surface area (Å²) in [6.45, 7) is 3.47. The lowest BCUT2D eigenvalue weighted by molar-refractivity contribution is -0.943. The number of rotatable bonds is 9. The first-order valence-electron chi connectivity index (χ1n) is 10.9. The zero-order chi connectivity index (χ0) is 23.5. The van der Waals surface area contributed by atoms with Gasteiger partial charge in [-0.2, -0.15) is 0 Å². The standard InChI is InChI=1S/C25H34N2O5.HI/c1-16(25(26)28)15-27(2)10-9-18-13-23(31-5)24(32-6)14-19(18)20(27)11-17-7-8-21(29-3)22(12-17)30-4;/h7-8,12-14,16,20H,9-11,15H2,1-6H3,(H-,26,28);1H/t16?,20-,27-;/m1./s1. The Labute approximate surface area is 213 Å². The number of methoxy groups -OCH3 is 4. The molecule has 0 radical (unpaired) electrons. The van der Waals surface area contributed by atoms with E-state index in [1.54, 1.807) is 28.4 Å². The highest BCUT2D eigenvalue weighted by atomic mass is 127. The average Bonchev–Trinajstić information content (AvgIpc) is 2.79. The molecule has 2 N–H and O–H groups in total. The number of nitrogens with zero attached hydrogens (tertiary/aromatic N) is 1. The van der Waals surface area contributed by atoms with Crippen molar-refractivity contribution in [3.63, 3.8) is 0 Å². The lowest BCUT2D eigenvalue weighted by atomic mass is 9.85. The summed E-state index contributed by atoms with van der Waals surface area (Å²) in [6, 6.07) is 10.3. The number of ether oxygens (including phenoxy) is 4. The Bertz CT molecular complexity index is 984. The average molecular weight is 570 g/mol. The third-order valence-electron chi connectivity index (χ3n) is 6.70. The summed E-state index contributed by atoms with van der Waals surface area (Å²) < 4.78 is 22.8. The molecule has 0 spiro atoms. The minimum atomic E-state index is -0.271. The van der Waals surface area contributed by atoms with Crippen molar-refractivity contribution in [2.75, 3.05) is 48.6 Å². The molecule has 0 fully saturated rings. The Kier molecular flexibility index (Phi) is 9.25. The molecule has 0 aromatic heterocycles. The number of carbonyl (C=O) groups excluding carboxylic acids is 1. The Morgan fingerprint density at radius 1 is 1.00 bits per heavy atom. The number of carbonyl (C=O) groups is 1. The van der Waals surface area contributed by atoms with Gasteiger partial charge in [0.15, 0.2) is 23.0 Å². The summed E-state index contributed by atoms with van der Waals surface area (Å²) in [7, 11) is 8.80. The molecule has 33 heavy (non-hydrogen) atoms. The Morgan fingerprint density at radius 3 is 2.15 bits per heavy atom. The molecule has 1 aliphatic rings. The molecule has 0 aliphatic carbocycles. The second kappa shape index (κ2) is 11.3. The normalized spacial score (nSPS) is 20.1. The molecule has 8 heteroatoms. The maximum atomic E-state index is 11.9. The summed E-state index contributed by atoms with van der Waals surface area (Å²) >= 11 is 0. The maximum Gasteiger partial charge on any atom is 0.225 e. The highest BCUT2D eigenvalue weighted by molar-refractivity contribution is 5.76. The number of hydrogen-bond acceptors (Lipinski definition) is 5. The molecule has 2 aromatic carbocycles. The maximum absolute atomic E-state index is 11.9. The predicted octanol–water partition coefficient (Wildman–Crippen LogP) is 0.133. The van der Waals surface area contributed by atoms with Crippen LogP contribution in [0.3, 0.4) is 0 Å². The first kappa shape index (κ1) is 27.0. The van der Waals surface area contributed by atoms with Crippen LogP contribution in [-0.2, 0) is 17.6 Å². The van der Waals surface area contributed by atoms with E-state index in [1.807, 2.05) is 19.1 Å². The van der Waals surface area contributed by atoms with Crippen LogP contribution < -0.4 is 48.7 Å². The number of primary amides is 1. The fraction of sp³-hybridized carbons (Fsp3) is 0.480. The van der Waals surface area contributed by atoms with Gasteiger partial charge in [0.25, 0.3) is 0 Å². The smallest absolute Gasteiger partial charge is 0.225 e. The summed E-state index contributed by atoms with van der Waals surface area (Å²) in [4.78, 5) is 11.9. The molecule has 1 unspecified atom stereocenters. The van der Waals surface area contributed by atoms with Crippen LogP contribution in [-0.4, -0.2) is 59.0 Å². The predicted molar refractivity (Wildman–Crippen MR) is 124 cm³/mol. The van der Waals surface area contributed by atoms with E-state index >= 15 is 0 Å². The van der Waals surface area contributed by atoms with Crippen molar-refractivity contribution in [2.45, 2.75) is 25.8 Å². The first-order chi connectivity index (χ1) is 15.3. The van der Waals surface area contributed by atoms with E-state index in [4.69, 9.17) is 24.7 Å². The van der Waals surface area contributed by atoms with Gasteiger partial charge in [-0.05, 0) is 42.3 Å². The topological polar surface area (TPSA) is 80.0 Å². The highest BCUT2D eigenvalue weighted by Crippen LogP contribution is 2.43. The molecule has 3 atom stereocenters. The van der Waals surface area contributed by atoms with E-state index in [2.05, 4.69) is 25.2 Å². The second-order valence-corrected chi connectivity index (χ2v) is 8.75. The molecule has 2 aromatic rings. The summed E-state index contributed by atoms with van der Waals surface area (Å²) in [5.41, 5.74) is 9.23. The zero-order valence-electron chi connectivity index (χ0n) is 20.3. The van der Waals surface area contributed by atoms with Crippen LogP contribution in [0.15, 0.2) is 30.3 Å². The van der Waals surface area contributed by atoms with E-state index in [0.29, 0.717) is 28.3 Å². The molecule has 1 heterocycles. The van der Waals surface area contributed by atoms with E-state index in [9.17, 15) is 4.79 Å². The van der Waals surface area contributed by atoms with Gasteiger partial charge in [0.05, 0.1) is 54.5 Å². The van der Waals surface area contributed by atoms with Gasteiger partial charge in [0.1, 0.15) is 6.04 Å². The Hall–Kier alpha value is -2.20. The lowest BCUT2D eigenvalue weighted by Gasteiger charge is -2.47. The molecule has 0 saturated carbocycles. The van der Waals surface area contributed by atoms with Crippen molar-refractivity contribution in [1.29, 1.82) is 0 Å². The molecule has 7 nitrogen and oxygen atoms in total. The number of hydrogen-bond donors (Lipinski definition) is 1. The van der Waals surface area contributed by atoms with Gasteiger partial charge in [-0.3, -0.25) is 4.79 Å². The summed E-state index contributed by atoms with van der Waals surface area (Å²) in [5.74, 6) is 2.35. The lowest BCUT2D eigenvalue weighted by Crippen LogP contribution is -3.00. The summed E-state index contributed by atoms with van der Waals surface area (Å²) in [6.07, 6.45) is 1.66. The number of halogens is 1. The summed E-state index contributed by atoms with van der Waals surface area (Å²) in [5, 5.41) is 0. The number of amides is 1. The van der Waals surface area contributed by atoms with Gasteiger partial charge in [-0.25, -0.2) is 0 Å². The van der Waals surface area contributed by atoms with Gasteiger partial charge >= 0.3 is 0 Å². The van der Waals surface area contributed by atoms with Crippen LogP contribution in [0.1, 0.15) is 29.7 Å². The van der Waals surface area contributed by atoms with Gasteiger partial charge in [0.2, 0.25) is 5.91 Å². The first-order valence-corrected chi connectivity index (χ1v) is 10.9. The van der Waals surface area contributed by atoms with Gasteiger partial charge in [-0.15, -0.1) is 0 Å². The van der Waals surface area contributed by atoms with Crippen LogP contribution >= 0.6 is 0 Å². The molecular formula is C25H35IN2O5. The fourth-order valence-electron chi connectivity index (χ4n) is 4.83. The van der Waals surface area contributed by atoms with Crippen molar-refractivity contribution in [3.05, 3.63) is 47.0 Å².